The number of benzene rings is 3. The van der Waals surface area contributed by atoms with Gasteiger partial charge in [-0.15, -0.1) is 0 Å². The van der Waals surface area contributed by atoms with Gasteiger partial charge < -0.3 is 21.7 Å². The fourth-order valence-electron chi connectivity index (χ4n) is 3.87. The number of halogens is 1. The third-order valence-electron chi connectivity index (χ3n) is 5.71. The van der Waals surface area contributed by atoms with Crippen molar-refractivity contribution in [3.63, 3.8) is 0 Å². The predicted molar refractivity (Wildman–Crippen MR) is 141 cm³/mol. The molecule has 3 aromatic rings. The number of nitrogens with one attached hydrogen (secondary N) is 3. The second-order valence-corrected chi connectivity index (χ2v) is 8.45. The van der Waals surface area contributed by atoms with Crippen molar-refractivity contribution in [2.45, 2.75) is 31.3 Å². The van der Waals surface area contributed by atoms with Crippen LogP contribution in [-0.4, -0.2) is 35.4 Å². The number of nitrogens with two attached hydrogens (primary N) is 1. The van der Waals surface area contributed by atoms with Gasteiger partial charge in [-0.05, 0) is 41.7 Å². The number of guanidine groups is 1. The third-order valence-corrected chi connectivity index (χ3v) is 5.71. The van der Waals surface area contributed by atoms with E-state index in [1.54, 1.807) is 12.1 Å². The maximum absolute atomic E-state index is 13.6. The molecule has 3 aromatic carbocycles. The summed E-state index contributed by atoms with van der Waals surface area (Å²) in [6, 6.07) is 23.3. The van der Waals surface area contributed by atoms with Gasteiger partial charge in [0.05, 0.1) is 5.92 Å². The first kappa shape index (κ1) is 27.8. The number of carbonyl (C=O) groups is 2. The molecule has 0 unspecified atom stereocenters. The van der Waals surface area contributed by atoms with Crippen LogP contribution in [0.4, 0.5) is 4.39 Å². The molecule has 5 N–H and O–H groups in total. The highest BCUT2D eigenvalue weighted by molar-refractivity contribution is 5.92. The zero-order valence-electron chi connectivity index (χ0n) is 20.5. The lowest BCUT2D eigenvalue weighted by atomic mass is 9.90. The molecule has 0 aliphatic heterocycles. The zero-order chi connectivity index (χ0) is 27.3. The molecular formula is C27H29FN6O4. The molecule has 0 aliphatic carbocycles. The van der Waals surface area contributed by atoms with E-state index in [-0.39, 0.29) is 37.2 Å². The lowest BCUT2D eigenvalue weighted by molar-refractivity contribution is -0.485. The van der Waals surface area contributed by atoms with Crippen LogP contribution in [0.25, 0.3) is 0 Å². The standard InChI is InChI=1S/C27H29FN6O4/c28-22-15-13-19(14-16-22)18-31-25(35)23(12-7-17-30-27(29)33-34(37)38)32-26(36)24(20-8-3-1-4-9-20)21-10-5-2-6-11-21/h1-6,8-11,13-16,23-24H,7,12,17-18H2,(H,31,35)(H,32,36)(H3,29,30,33)/t23-/m1/s1. The van der Waals surface area contributed by atoms with Crippen molar-refractivity contribution in [1.82, 2.24) is 16.0 Å². The van der Waals surface area contributed by atoms with Crippen molar-refractivity contribution in [3.05, 3.63) is 118 Å². The zero-order valence-corrected chi connectivity index (χ0v) is 20.5. The van der Waals surface area contributed by atoms with E-state index in [1.165, 1.54) is 12.1 Å². The van der Waals surface area contributed by atoms with Crippen molar-refractivity contribution >= 4 is 17.8 Å². The molecule has 0 aromatic heterocycles. The number of hydrogen-bond donors (Lipinski definition) is 4. The molecule has 2 amide bonds. The Balaban J connectivity index is 1.74. The number of amides is 2. The molecule has 38 heavy (non-hydrogen) atoms. The third kappa shape index (κ3) is 8.70. The Morgan fingerprint density at radius 1 is 0.895 bits per heavy atom. The maximum atomic E-state index is 13.6. The quantitative estimate of drug-likeness (QED) is 0.0947. The summed E-state index contributed by atoms with van der Waals surface area (Å²) in [7, 11) is 0. The molecule has 10 nitrogen and oxygen atoms in total. The lowest BCUT2D eigenvalue weighted by Gasteiger charge is -2.23. The van der Waals surface area contributed by atoms with Gasteiger partial charge >= 0.3 is 0 Å². The number of nitrogens with zero attached hydrogens (tertiary/aromatic N) is 2. The largest absolute Gasteiger partial charge is 0.365 e. The molecule has 0 saturated heterocycles. The van der Waals surface area contributed by atoms with Gasteiger partial charge in [-0.2, -0.15) is 0 Å². The van der Waals surface area contributed by atoms with Crippen LogP contribution in [-0.2, 0) is 16.1 Å². The molecule has 3 rings (SSSR count). The predicted octanol–water partition coefficient (Wildman–Crippen LogP) is 2.64. The number of hydrogen-bond acceptors (Lipinski definition) is 4. The first-order valence-electron chi connectivity index (χ1n) is 12.0. The molecule has 0 heterocycles. The highest BCUT2D eigenvalue weighted by Crippen LogP contribution is 2.25. The van der Waals surface area contributed by atoms with Gasteiger partial charge in [0.2, 0.25) is 11.8 Å². The summed E-state index contributed by atoms with van der Waals surface area (Å²) in [5.74, 6) is -2.16. The van der Waals surface area contributed by atoms with Crippen molar-refractivity contribution < 1.29 is 19.0 Å². The van der Waals surface area contributed by atoms with Gasteiger partial charge in [-0.1, -0.05) is 72.8 Å². The molecule has 0 bridgehead atoms. The molecule has 198 valence electrons. The Morgan fingerprint density at radius 3 is 2.03 bits per heavy atom. The first-order chi connectivity index (χ1) is 18.3. The van der Waals surface area contributed by atoms with E-state index in [9.17, 15) is 24.1 Å². The van der Waals surface area contributed by atoms with Crippen molar-refractivity contribution in [2.75, 3.05) is 6.54 Å². The first-order valence-corrected chi connectivity index (χ1v) is 12.0. The van der Waals surface area contributed by atoms with E-state index in [0.717, 1.165) is 11.1 Å². The summed E-state index contributed by atoms with van der Waals surface area (Å²) in [5.41, 5.74) is 7.68. The monoisotopic (exact) mass is 520 g/mol. The SMILES string of the molecule is N/C(=N/[N+](=O)[O-])NCCC[C@@H](NC(=O)C(c1ccccc1)c1ccccc1)C(=O)NCc1ccc(F)cc1. The molecule has 0 fully saturated rings. The Bertz CT molecular complexity index is 1200. The van der Waals surface area contributed by atoms with Crippen LogP contribution >= 0.6 is 0 Å². The van der Waals surface area contributed by atoms with E-state index >= 15 is 0 Å². The van der Waals surface area contributed by atoms with Crippen molar-refractivity contribution in [2.24, 2.45) is 10.8 Å². The topological polar surface area (TPSA) is 152 Å². The van der Waals surface area contributed by atoms with E-state index in [2.05, 4.69) is 21.1 Å². The van der Waals surface area contributed by atoms with Gasteiger partial charge in [0, 0.05) is 13.1 Å². The smallest absolute Gasteiger partial charge is 0.266 e. The minimum atomic E-state index is -0.915. The number of carbonyl (C=O) groups excluding carboxylic acids is 2. The molecular weight excluding hydrogens is 491 g/mol. The van der Waals surface area contributed by atoms with Gasteiger partial charge in [0.15, 0.2) is 5.03 Å². The van der Waals surface area contributed by atoms with Gasteiger partial charge in [-0.3, -0.25) is 9.59 Å². The molecule has 0 radical (unpaired) electrons. The van der Waals surface area contributed by atoms with Gasteiger partial charge in [0.25, 0.3) is 5.96 Å². The highest BCUT2D eigenvalue weighted by atomic mass is 19.1. The Kier molecular flexibility index (Phi) is 10.3. The summed E-state index contributed by atoms with van der Waals surface area (Å²) in [6.45, 7) is 0.342. The second-order valence-electron chi connectivity index (χ2n) is 8.45. The number of nitro groups is 1. The van der Waals surface area contributed by atoms with E-state index in [0.29, 0.717) is 12.0 Å². The Labute approximate surface area is 219 Å². The molecule has 0 aliphatic rings. The summed E-state index contributed by atoms with van der Waals surface area (Å²) in [5, 5.41) is 20.8. The lowest BCUT2D eigenvalue weighted by Crippen LogP contribution is -2.48. The minimum Gasteiger partial charge on any atom is -0.365 e. The van der Waals surface area contributed by atoms with E-state index in [4.69, 9.17) is 5.73 Å². The fraction of sp³-hybridized carbons (Fsp3) is 0.222. The van der Waals surface area contributed by atoms with Crippen molar-refractivity contribution in [3.8, 4) is 0 Å². The van der Waals surface area contributed by atoms with Gasteiger partial charge in [-0.25, -0.2) is 14.5 Å². The van der Waals surface area contributed by atoms with Crippen LogP contribution < -0.4 is 21.7 Å². The average Bonchev–Trinajstić information content (AvgIpc) is 2.91. The number of rotatable bonds is 12. The van der Waals surface area contributed by atoms with Crippen LogP contribution in [0.15, 0.2) is 90.0 Å². The average molecular weight is 521 g/mol. The summed E-state index contributed by atoms with van der Waals surface area (Å²) in [6.07, 6.45) is 0.570. The van der Waals surface area contributed by atoms with E-state index < -0.39 is 22.9 Å². The van der Waals surface area contributed by atoms with E-state index in [1.807, 2.05) is 60.7 Å². The summed E-state index contributed by atoms with van der Waals surface area (Å²) >= 11 is 0. The van der Waals surface area contributed by atoms with Crippen LogP contribution in [0.3, 0.4) is 0 Å². The fourth-order valence-corrected chi connectivity index (χ4v) is 3.87. The second kappa shape index (κ2) is 14.1. The minimum absolute atomic E-state index is 0.146. The summed E-state index contributed by atoms with van der Waals surface area (Å²) < 4.78 is 13.2. The van der Waals surface area contributed by atoms with Crippen LogP contribution in [0.2, 0.25) is 0 Å². The van der Waals surface area contributed by atoms with Crippen LogP contribution in [0.5, 0.6) is 0 Å². The maximum Gasteiger partial charge on any atom is 0.266 e. The summed E-state index contributed by atoms with van der Waals surface area (Å²) in [4.78, 5) is 37.1. The molecule has 11 heteroatoms. The molecule has 1 atom stereocenters. The molecule has 0 saturated carbocycles. The Morgan fingerprint density at radius 2 is 1.47 bits per heavy atom. The van der Waals surface area contributed by atoms with Crippen LogP contribution in [0, 0.1) is 15.9 Å². The normalized spacial score (nSPS) is 12.0. The van der Waals surface area contributed by atoms with Gasteiger partial charge in [0.1, 0.15) is 17.0 Å². The molecule has 0 spiro atoms. The van der Waals surface area contributed by atoms with Crippen LogP contribution in [0.1, 0.15) is 35.4 Å². The highest BCUT2D eigenvalue weighted by Gasteiger charge is 2.27. The van der Waals surface area contributed by atoms with Crippen molar-refractivity contribution in [1.29, 1.82) is 0 Å². The Hall–Kier alpha value is -4.80. The number of hydrazone groups is 1.